The Bertz CT molecular complexity index is 216. The van der Waals surface area contributed by atoms with E-state index in [9.17, 15) is 4.79 Å². The van der Waals surface area contributed by atoms with Crippen LogP contribution >= 0.6 is 8.53 Å². The first-order valence-electron chi connectivity index (χ1n) is 5.43. The minimum absolute atomic E-state index is 0.360. The van der Waals surface area contributed by atoms with Gasteiger partial charge in [-0.2, -0.15) is 0 Å². The normalized spacial score (nSPS) is 13.3. The largest absolute Gasteiger partial charge is 0.393 e. The van der Waals surface area contributed by atoms with Gasteiger partial charge in [0, 0.05) is 6.54 Å². The molecule has 0 fully saturated rings. The van der Waals surface area contributed by atoms with Gasteiger partial charge in [0.05, 0.1) is 22.1 Å². The third kappa shape index (κ3) is 7.01. The standard InChI is InChI=1S/C5H17B4N2O3P/c1-11(9(6)7)15(14-8)13-4-2-3-10-5-12/h5H,2-4,6-8H2,1H3,(H,10,12)/i5D. The van der Waals surface area contributed by atoms with Gasteiger partial charge in [-0.05, 0) is 13.5 Å². The molecule has 0 spiro atoms. The van der Waals surface area contributed by atoms with Crippen LogP contribution in [0.2, 0.25) is 0 Å². The first kappa shape index (κ1) is 13.1. The third-order valence-corrected chi connectivity index (χ3v) is 3.57. The van der Waals surface area contributed by atoms with Crippen LogP contribution in [0.1, 0.15) is 7.79 Å². The van der Waals surface area contributed by atoms with E-state index >= 15 is 0 Å². The molecule has 0 aliphatic heterocycles. The fraction of sp³-hybridized carbons (Fsp3) is 0.800. The molecule has 5 nitrogen and oxygen atoms in total. The summed E-state index contributed by atoms with van der Waals surface area (Å²) < 4.78 is 19.5. The van der Waals surface area contributed by atoms with Gasteiger partial charge >= 0.3 is 0 Å². The monoisotopic (exact) mass is 229 g/mol. The van der Waals surface area contributed by atoms with Gasteiger partial charge in [-0.15, -0.1) is 0 Å². The first-order valence-corrected chi connectivity index (χ1v) is 6.06. The predicted octanol–water partition coefficient (Wildman–Crippen LogP) is -2.89. The van der Waals surface area contributed by atoms with Gasteiger partial charge in [0.15, 0.2) is 0 Å². The average Bonchev–Trinajstić information content (AvgIpc) is 2.22. The Labute approximate surface area is 97.3 Å². The lowest BCUT2D eigenvalue weighted by Crippen LogP contribution is -2.34. The molecule has 0 aliphatic rings. The van der Waals surface area contributed by atoms with Crippen LogP contribution in [0, 0.1) is 0 Å². The molecule has 0 saturated heterocycles. The van der Waals surface area contributed by atoms with Crippen LogP contribution in [0.15, 0.2) is 0 Å². The van der Waals surface area contributed by atoms with Crippen molar-refractivity contribution in [1.29, 1.82) is 0 Å². The molecule has 0 heterocycles. The van der Waals surface area contributed by atoms with Gasteiger partial charge in [-0.1, -0.05) is 0 Å². The van der Waals surface area contributed by atoms with Crippen molar-refractivity contribution in [2.75, 3.05) is 20.2 Å². The van der Waals surface area contributed by atoms with E-state index in [4.69, 9.17) is 10.3 Å². The maximum atomic E-state index is 10.3. The number of nitrogens with zero attached hydrogens (tertiary/aromatic N) is 1. The Kier molecular flexibility index (Phi) is 8.11. The molecular formula is C5H17B4N2O3P. The molecule has 1 atom stereocenters. The molecule has 0 aromatic carbocycles. The van der Waals surface area contributed by atoms with E-state index in [0.717, 1.165) is 0 Å². The number of nitrogens with one attached hydrogen (secondary N) is 1. The van der Waals surface area contributed by atoms with Crippen molar-refractivity contribution in [2.24, 2.45) is 0 Å². The highest BCUT2D eigenvalue weighted by Gasteiger charge is 2.19. The Balaban J connectivity index is 3.67. The Hall–Kier alpha value is 0.0397. The van der Waals surface area contributed by atoms with Gasteiger partial charge in [0.2, 0.25) is 14.9 Å². The average molecular weight is 228 g/mol. The zero-order valence-corrected chi connectivity index (χ0v) is 10.7. The maximum absolute atomic E-state index is 10.3. The maximum Gasteiger partial charge on any atom is 0.267 e. The van der Waals surface area contributed by atoms with Crippen LogP contribution in [0.3, 0.4) is 0 Å². The summed E-state index contributed by atoms with van der Waals surface area (Å²) in [5.74, 6) is 0. The van der Waals surface area contributed by atoms with Crippen molar-refractivity contribution < 1.29 is 15.1 Å². The molecule has 0 aromatic heterocycles. The zero-order valence-electron chi connectivity index (χ0n) is 10.8. The van der Waals surface area contributed by atoms with Gasteiger partial charge in [0.1, 0.15) is 8.00 Å². The second kappa shape index (κ2) is 9.28. The van der Waals surface area contributed by atoms with Gasteiger partial charge < -0.3 is 14.3 Å². The van der Waals surface area contributed by atoms with E-state index in [1.807, 2.05) is 11.6 Å². The van der Waals surface area contributed by atoms with E-state index in [0.29, 0.717) is 26.2 Å². The minimum Gasteiger partial charge on any atom is -0.393 e. The first-order chi connectivity index (χ1) is 7.49. The van der Waals surface area contributed by atoms with Crippen molar-refractivity contribution in [1.82, 2.24) is 9.90 Å². The molecule has 82 valence electrons. The van der Waals surface area contributed by atoms with Crippen LogP contribution < -0.4 is 5.32 Å². The molecular weight excluding hydrogens is 210 g/mol. The lowest BCUT2D eigenvalue weighted by molar-refractivity contribution is -0.109. The Morgan fingerprint density at radius 2 is 2.40 bits per heavy atom. The number of hydrogen-bond acceptors (Lipinski definition) is 4. The summed E-state index contributed by atoms with van der Waals surface area (Å²) in [5, 5.41) is 2.39. The van der Waals surface area contributed by atoms with Gasteiger partial charge in [-0.3, -0.25) is 9.38 Å². The summed E-state index contributed by atoms with van der Waals surface area (Å²) in [6, 6.07) is 0. The lowest BCUT2D eigenvalue weighted by atomic mass is 9.28. The summed E-state index contributed by atoms with van der Waals surface area (Å²) >= 11 is 0. The summed E-state index contributed by atoms with van der Waals surface area (Å²) in [4.78, 5) is 10.3. The highest BCUT2D eigenvalue weighted by Crippen LogP contribution is 2.39. The van der Waals surface area contributed by atoms with Crippen LogP contribution in [0.5, 0.6) is 0 Å². The van der Waals surface area contributed by atoms with Crippen LogP contribution in [-0.4, -0.2) is 61.3 Å². The molecule has 1 amide bonds. The van der Waals surface area contributed by atoms with Gasteiger partial charge in [0.25, 0.3) is 8.05 Å². The van der Waals surface area contributed by atoms with Crippen molar-refractivity contribution in [2.45, 2.75) is 6.42 Å². The van der Waals surface area contributed by atoms with Crippen LogP contribution in [-0.2, 0) is 13.8 Å². The highest BCUT2D eigenvalue weighted by atomic mass is 31.2. The molecule has 0 radical (unpaired) electrons. The summed E-state index contributed by atoms with van der Waals surface area (Å²) in [7, 11) is 6.69. The molecule has 15 heavy (non-hydrogen) atoms. The molecule has 0 aromatic rings. The third-order valence-electron chi connectivity index (χ3n) is 1.88. The van der Waals surface area contributed by atoms with Crippen molar-refractivity contribution in [3.63, 3.8) is 0 Å². The van der Waals surface area contributed by atoms with E-state index in [1.165, 1.54) is 0 Å². The molecule has 1 unspecified atom stereocenters. The highest BCUT2D eigenvalue weighted by molar-refractivity contribution is 7.51. The number of carbonyl (C=O) groups is 1. The lowest BCUT2D eigenvalue weighted by Gasteiger charge is -2.28. The van der Waals surface area contributed by atoms with Crippen LogP contribution in [0.4, 0.5) is 0 Å². The predicted molar refractivity (Wildman–Crippen MR) is 71.8 cm³/mol. The summed E-state index contributed by atoms with van der Waals surface area (Å²) in [6.07, 6.45) is -0.0769. The summed E-state index contributed by atoms with van der Waals surface area (Å²) in [5.41, 5.74) is 0. The SMILES string of the molecule is [2H]C(=O)NCCCOP(OB)N(C)B(B)B. The number of rotatable bonds is 8. The molecule has 0 aliphatic carbocycles. The van der Waals surface area contributed by atoms with Crippen molar-refractivity contribution in [3.8, 4) is 0 Å². The van der Waals surface area contributed by atoms with E-state index < -0.39 is 14.9 Å². The minimum atomic E-state index is -1.02. The topological polar surface area (TPSA) is 50.8 Å². The molecule has 1 N–H and O–H groups in total. The van der Waals surface area contributed by atoms with Crippen molar-refractivity contribution >= 4 is 45.1 Å². The smallest absolute Gasteiger partial charge is 0.267 e. The van der Waals surface area contributed by atoms with Gasteiger partial charge in [-0.25, -0.2) is 0 Å². The fourth-order valence-electron chi connectivity index (χ4n) is 0.815. The van der Waals surface area contributed by atoms with E-state index in [2.05, 4.69) is 20.8 Å². The molecule has 10 heteroatoms. The fourth-order valence-corrected chi connectivity index (χ4v) is 2.02. The number of hydrogen-bond donors (Lipinski definition) is 1. The molecule has 0 saturated carbocycles. The number of carbonyl (C=O) groups excluding carboxylic acids is 1. The molecule has 0 bridgehead atoms. The van der Waals surface area contributed by atoms with E-state index in [1.54, 1.807) is 8.05 Å². The van der Waals surface area contributed by atoms with Crippen molar-refractivity contribution in [3.05, 3.63) is 0 Å². The second-order valence-corrected chi connectivity index (χ2v) is 5.03. The Morgan fingerprint density at radius 3 is 2.87 bits per heavy atom. The second-order valence-electron chi connectivity index (χ2n) is 3.30. The number of amides is 1. The van der Waals surface area contributed by atoms with Crippen LogP contribution in [0.25, 0.3) is 0 Å². The zero-order chi connectivity index (χ0) is 12.6. The Morgan fingerprint density at radius 1 is 1.73 bits per heavy atom. The quantitative estimate of drug-likeness (QED) is 0.210. The van der Waals surface area contributed by atoms with E-state index in [-0.39, 0.29) is 0 Å². The summed E-state index contributed by atoms with van der Waals surface area (Å²) in [6.45, 7) is 1.33. The molecule has 0 rings (SSSR count).